The van der Waals surface area contributed by atoms with E-state index in [0.29, 0.717) is 47.3 Å². The molecule has 4 amide bonds. The minimum absolute atomic E-state index is 0.0658. The van der Waals surface area contributed by atoms with E-state index in [1.165, 1.54) is 10.9 Å². The molecule has 2 atom stereocenters. The number of aliphatic hydroxyl groups excluding tert-OH is 1. The number of nitrogens with zero attached hydrogens (tertiary/aromatic N) is 8. The molecule has 61 heavy (non-hydrogen) atoms. The molecule has 3 aromatic heterocycles. The number of aliphatic hydroxyl groups is 1. The number of aryl methyl sites for hydroxylation is 1. The Labute approximate surface area is 350 Å². The Balaban J connectivity index is 0.748. The first-order chi connectivity index (χ1) is 29.7. The highest BCUT2D eigenvalue weighted by atomic mass is 16.5. The van der Waals surface area contributed by atoms with Crippen molar-refractivity contribution in [2.75, 3.05) is 49.5 Å². The predicted octanol–water partition coefficient (Wildman–Crippen LogP) is 3.66. The third kappa shape index (κ3) is 7.66. The van der Waals surface area contributed by atoms with Crippen molar-refractivity contribution in [2.24, 2.45) is 0 Å². The van der Waals surface area contributed by atoms with Crippen LogP contribution in [0.15, 0.2) is 78.2 Å². The number of hydrogen-bond acceptors (Lipinski definition) is 13. The number of nitrogens with one attached hydrogen (secondary N) is 2. The van der Waals surface area contributed by atoms with Gasteiger partial charge in [0, 0.05) is 50.2 Å². The Morgan fingerprint density at radius 1 is 0.902 bits per heavy atom. The number of imide groups is 2. The summed E-state index contributed by atoms with van der Waals surface area (Å²) < 4.78 is 9.19. The van der Waals surface area contributed by atoms with Gasteiger partial charge in [0.1, 0.15) is 17.2 Å². The van der Waals surface area contributed by atoms with Crippen LogP contribution in [0.3, 0.4) is 0 Å². The summed E-state index contributed by atoms with van der Waals surface area (Å²) in [5, 5.41) is 16.3. The van der Waals surface area contributed by atoms with E-state index in [1.807, 2.05) is 24.3 Å². The number of pyridine rings is 1. The van der Waals surface area contributed by atoms with Crippen LogP contribution >= 0.6 is 0 Å². The lowest BCUT2D eigenvalue weighted by molar-refractivity contribution is -0.136. The first kappa shape index (κ1) is 39.7. The number of fused-ring (bicyclic) bond motifs is 3. The van der Waals surface area contributed by atoms with Gasteiger partial charge < -0.3 is 20.1 Å². The standard InChI is InChI=1S/C44H46N10O7/c1-2-19-52-41(58)31-26-45-44(49-39(31)54(52)35-17-10-27-9-16-33(55)38(27)47-35)46-28-11-13-29(14-12-28)51-23-21-50(22-24-51)20-4-3-5-25-61-34-8-6-7-30-37(34)43(60)53(42(30)59)32-15-18-36(56)48-40(32)57/h2,6-8,10-14,17,26,32-33,55H,1,3-5,9,15-16,18-25H2,(H,45,46,49)(H,48,56,57). The summed E-state index contributed by atoms with van der Waals surface area (Å²) in [4.78, 5) is 83.6. The highest BCUT2D eigenvalue weighted by Crippen LogP contribution is 2.34. The molecule has 5 aromatic rings. The molecule has 0 bridgehead atoms. The van der Waals surface area contributed by atoms with Crippen LogP contribution in [-0.2, 0) is 22.6 Å². The number of allylic oxidation sites excluding steroid dienone is 1. The zero-order chi connectivity index (χ0) is 42.2. The van der Waals surface area contributed by atoms with Crippen molar-refractivity contribution >= 4 is 52.0 Å². The summed E-state index contributed by atoms with van der Waals surface area (Å²) in [5.74, 6) is -1.02. The van der Waals surface area contributed by atoms with E-state index in [0.717, 1.165) is 80.2 Å². The topological polar surface area (TPSA) is 197 Å². The zero-order valence-electron chi connectivity index (χ0n) is 33.6. The fourth-order valence-corrected chi connectivity index (χ4v) is 8.66. The van der Waals surface area contributed by atoms with Gasteiger partial charge in [0.2, 0.25) is 17.8 Å². The molecule has 0 radical (unpaired) electrons. The van der Waals surface area contributed by atoms with Crippen molar-refractivity contribution in [3.63, 3.8) is 0 Å². The van der Waals surface area contributed by atoms with Crippen molar-refractivity contribution in [3.05, 3.63) is 106 Å². The molecule has 2 unspecified atom stereocenters. The molecular formula is C44H46N10O7. The highest BCUT2D eigenvalue weighted by Gasteiger charge is 2.46. The summed E-state index contributed by atoms with van der Waals surface area (Å²) in [6, 6.07) is 15.8. The van der Waals surface area contributed by atoms with Gasteiger partial charge in [-0.1, -0.05) is 18.2 Å². The monoisotopic (exact) mass is 826 g/mol. The second kappa shape index (κ2) is 16.7. The first-order valence-electron chi connectivity index (χ1n) is 20.8. The molecule has 2 aromatic carbocycles. The Bertz CT molecular complexity index is 2610. The summed E-state index contributed by atoms with van der Waals surface area (Å²) in [6.45, 7) is 9.08. The zero-order valence-corrected chi connectivity index (χ0v) is 33.6. The van der Waals surface area contributed by atoms with Gasteiger partial charge in [0.25, 0.3) is 17.4 Å². The first-order valence-corrected chi connectivity index (χ1v) is 20.8. The molecule has 2 fully saturated rings. The molecule has 0 spiro atoms. The van der Waals surface area contributed by atoms with Gasteiger partial charge in [0.05, 0.1) is 36.1 Å². The van der Waals surface area contributed by atoms with Gasteiger partial charge in [-0.3, -0.25) is 39.1 Å². The summed E-state index contributed by atoms with van der Waals surface area (Å²) in [5.41, 5.74) is 4.07. The van der Waals surface area contributed by atoms with Crippen LogP contribution in [0.25, 0.3) is 16.9 Å². The molecule has 9 rings (SSSR count). The van der Waals surface area contributed by atoms with E-state index in [4.69, 9.17) is 14.7 Å². The van der Waals surface area contributed by atoms with Crippen LogP contribution in [0.2, 0.25) is 0 Å². The lowest BCUT2D eigenvalue weighted by atomic mass is 10.0. The van der Waals surface area contributed by atoms with Gasteiger partial charge in [-0.05, 0) is 93.1 Å². The van der Waals surface area contributed by atoms with Crippen LogP contribution in [-0.4, -0.2) is 108 Å². The number of amides is 4. The van der Waals surface area contributed by atoms with Gasteiger partial charge in [-0.15, -0.1) is 6.58 Å². The van der Waals surface area contributed by atoms with Gasteiger partial charge in [0.15, 0.2) is 11.5 Å². The normalized spacial score (nSPS) is 19.0. The summed E-state index contributed by atoms with van der Waals surface area (Å²) in [6.07, 6.45) is 6.79. The molecule has 2 saturated heterocycles. The van der Waals surface area contributed by atoms with Crippen LogP contribution in [0.5, 0.6) is 5.75 Å². The third-order valence-electron chi connectivity index (χ3n) is 11.9. The molecule has 3 aliphatic heterocycles. The minimum atomic E-state index is -1.02. The van der Waals surface area contributed by atoms with E-state index in [2.05, 4.69) is 44.1 Å². The lowest BCUT2D eigenvalue weighted by Crippen LogP contribution is -2.54. The van der Waals surface area contributed by atoms with Crippen LogP contribution in [0, 0.1) is 0 Å². The smallest absolute Gasteiger partial charge is 0.278 e. The van der Waals surface area contributed by atoms with E-state index < -0.39 is 35.8 Å². The van der Waals surface area contributed by atoms with E-state index in [9.17, 15) is 29.1 Å². The quantitative estimate of drug-likeness (QED) is 0.0835. The second-order valence-corrected chi connectivity index (χ2v) is 15.7. The van der Waals surface area contributed by atoms with E-state index >= 15 is 0 Å². The number of hydrogen-bond donors (Lipinski definition) is 3. The molecule has 0 saturated carbocycles. The maximum Gasteiger partial charge on any atom is 0.278 e. The number of carbonyl (C=O) groups is 4. The Kier molecular flexibility index (Phi) is 10.9. The average Bonchev–Trinajstić information content (AvgIpc) is 3.86. The number of aromatic nitrogens is 5. The summed E-state index contributed by atoms with van der Waals surface area (Å²) >= 11 is 0. The third-order valence-corrected chi connectivity index (χ3v) is 11.9. The van der Waals surface area contributed by atoms with Gasteiger partial charge >= 0.3 is 0 Å². The number of rotatable bonds is 14. The predicted molar refractivity (Wildman–Crippen MR) is 225 cm³/mol. The Morgan fingerprint density at radius 2 is 1.72 bits per heavy atom. The number of unbranched alkanes of at least 4 members (excludes halogenated alkanes) is 2. The largest absolute Gasteiger partial charge is 0.493 e. The van der Waals surface area contributed by atoms with Crippen molar-refractivity contribution in [1.82, 2.24) is 39.4 Å². The fourth-order valence-electron chi connectivity index (χ4n) is 8.66. The molecular weight excluding hydrogens is 781 g/mol. The minimum Gasteiger partial charge on any atom is -0.493 e. The molecule has 4 aliphatic rings. The van der Waals surface area contributed by atoms with E-state index in [-0.39, 0.29) is 36.1 Å². The van der Waals surface area contributed by atoms with Crippen molar-refractivity contribution in [2.45, 2.75) is 63.6 Å². The Hall–Kier alpha value is -6.72. The molecule has 1 aliphatic carbocycles. The fraction of sp³-hybridized carbons (Fsp3) is 0.364. The van der Waals surface area contributed by atoms with E-state index in [1.54, 1.807) is 29.0 Å². The molecule has 3 N–H and O–H groups in total. The molecule has 6 heterocycles. The molecule has 314 valence electrons. The number of ether oxygens (including phenoxy) is 1. The number of piperazine rings is 1. The number of anilines is 3. The maximum atomic E-state index is 13.4. The maximum absolute atomic E-state index is 13.4. The average molecular weight is 827 g/mol. The van der Waals surface area contributed by atoms with Crippen LogP contribution in [0.4, 0.5) is 17.3 Å². The molecule has 17 nitrogen and oxygen atoms in total. The van der Waals surface area contributed by atoms with Crippen molar-refractivity contribution in [1.29, 1.82) is 0 Å². The SMILES string of the molecule is C=CCn1c(=O)c2cnc(Nc3ccc(N4CCN(CCCCCOc5cccc6c5C(=O)N(C5CCC(=O)NC5=O)C6=O)CC4)cc3)nc2n1-c1ccc2c(n1)C(O)CC2. The van der Waals surface area contributed by atoms with Crippen molar-refractivity contribution < 1.29 is 29.0 Å². The highest BCUT2D eigenvalue weighted by molar-refractivity contribution is 6.24. The van der Waals surface area contributed by atoms with Crippen LogP contribution in [0.1, 0.15) is 76.6 Å². The number of piperidine rings is 1. The number of benzene rings is 2. The molecule has 17 heteroatoms. The van der Waals surface area contributed by atoms with Gasteiger partial charge in [-0.25, -0.2) is 19.3 Å². The second-order valence-electron chi connectivity index (χ2n) is 15.7. The van der Waals surface area contributed by atoms with Crippen LogP contribution < -0.4 is 25.8 Å². The van der Waals surface area contributed by atoms with Crippen molar-refractivity contribution in [3.8, 4) is 11.6 Å². The lowest BCUT2D eigenvalue weighted by Gasteiger charge is -2.36. The van der Waals surface area contributed by atoms with Gasteiger partial charge in [-0.2, -0.15) is 4.98 Å². The Morgan fingerprint density at radius 3 is 2.51 bits per heavy atom. The summed E-state index contributed by atoms with van der Waals surface area (Å²) in [7, 11) is 0. The number of carbonyl (C=O) groups excluding carboxylic acids is 4.